The predicted octanol–water partition coefficient (Wildman–Crippen LogP) is 2.00. The van der Waals surface area contributed by atoms with Crippen LogP contribution >= 0.6 is 23.4 Å². The SMILES string of the molecule is Nc1ccc(SCC2CNCCO2)c(Cl)c1. The lowest BCUT2D eigenvalue weighted by Crippen LogP contribution is -2.39. The van der Waals surface area contributed by atoms with Gasteiger partial charge in [0.15, 0.2) is 0 Å². The Labute approximate surface area is 105 Å². The van der Waals surface area contributed by atoms with Crippen LogP contribution in [0.1, 0.15) is 0 Å². The first-order chi connectivity index (χ1) is 7.75. The standard InChI is InChI=1S/C11H15ClN2OS/c12-10-5-8(13)1-2-11(10)16-7-9-6-14-3-4-15-9/h1-2,5,9,14H,3-4,6-7,13H2. The molecule has 1 atom stereocenters. The Kier molecular flexibility index (Phi) is 4.35. The second kappa shape index (κ2) is 5.77. The number of halogens is 1. The molecule has 0 aliphatic carbocycles. The number of hydrogen-bond acceptors (Lipinski definition) is 4. The Morgan fingerprint density at radius 3 is 3.12 bits per heavy atom. The van der Waals surface area contributed by atoms with E-state index in [-0.39, 0.29) is 6.10 Å². The number of hydrogen-bond donors (Lipinski definition) is 2. The maximum atomic E-state index is 6.09. The molecule has 2 rings (SSSR count). The number of thioether (sulfide) groups is 1. The molecule has 5 heteroatoms. The predicted molar refractivity (Wildman–Crippen MR) is 69.2 cm³/mol. The Hall–Kier alpha value is -0.420. The first-order valence-electron chi connectivity index (χ1n) is 5.26. The van der Waals surface area contributed by atoms with E-state index in [0.29, 0.717) is 10.7 Å². The molecule has 1 aliphatic rings. The van der Waals surface area contributed by atoms with Crippen LogP contribution in [-0.2, 0) is 4.74 Å². The van der Waals surface area contributed by atoms with Crippen molar-refractivity contribution in [3.8, 4) is 0 Å². The molecule has 1 fully saturated rings. The third kappa shape index (κ3) is 3.28. The zero-order valence-corrected chi connectivity index (χ0v) is 10.5. The van der Waals surface area contributed by atoms with Crippen molar-refractivity contribution in [3.05, 3.63) is 23.2 Å². The fraction of sp³-hybridized carbons (Fsp3) is 0.455. The molecule has 0 saturated carbocycles. The normalized spacial score (nSPS) is 20.9. The molecule has 3 N–H and O–H groups in total. The summed E-state index contributed by atoms with van der Waals surface area (Å²) < 4.78 is 5.61. The van der Waals surface area contributed by atoms with E-state index in [1.165, 1.54) is 0 Å². The van der Waals surface area contributed by atoms with Crippen LogP contribution < -0.4 is 11.1 Å². The largest absolute Gasteiger partial charge is 0.399 e. The Bertz CT molecular complexity index is 356. The molecule has 1 aliphatic heterocycles. The minimum Gasteiger partial charge on any atom is -0.399 e. The summed E-state index contributed by atoms with van der Waals surface area (Å²) in [5.41, 5.74) is 6.34. The average molecular weight is 259 g/mol. The number of nitrogen functional groups attached to an aromatic ring is 1. The summed E-state index contributed by atoms with van der Waals surface area (Å²) in [4.78, 5) is 1.06. The number of morpholine rings is 1. The van der Waals surface area contributed by atoms with Crippen molar-refractivity contribution in [2.24, 2.45) is 0 Å². The van der Waals surface area contributed by atoms with Crippen molar-refractivity contribution in [1.29, 1.82) is 0 Å². The lowest BCUT2D eigenvalue weighted by Gasteiger charge is -2.23. The monoisotopic (exact) mass is 258 g/mol. The molecular weight excluding hydrogens is 244 g/mol. The number of anilines is 1. The summed E-state index contributed by atoms with van der Waals surface area (Å²) in [7, 11) is 0. The van der Waals surface area contributed by atoms with Gasteiger partial charge in [0.05, 0.1) is 17.7 Å². The molecule has 1 aromatic rings. The van der Waals surface area contributed by atoms with Crippen LogP contribution in [0.2, 0.25) is 5.02 Å². The van der Waals surface area contributed by atoms with Gasteiger partial charge in [0.1, 0.15) is 0 Å². The summed E-state index contributed by atoms with van der Waals surface area (Å²) in [5, 5.41) is 4.02. The average Bonchev–Trinajstić information content (AvgIpc) is 2.29. The first kappa shape index (κ1) is 12.0. The van der Waals surface area contributed by atoms with E-state index in [4.69, 9.17) is 22.1 Å². The number of nitrogens with two attached hydrogens (primary N) is 1. The Balaban J connectivity index is 1.88. The summed E-state index contributed by atoms with van der Waals surface area (Å²) in [6.45, 7) is 2.66. The molecule has 0 bridgehead atoms. The van der Waals surface area contributed by atoms with Gasteiger partial charge in [-0.1, -0.05) is 11.6 Å². The molecule has 0 spiro atoms. The third-order valence-corrected chi connectivity index (χ3v) is 4.02. The van der Waals surface area contributed by atoms with E-state index in [1.54, 1.807) is 17.8 Å². The van der Waals surface area contributed by atoms with Crippen LogP contribution in [0.25, 0.3) is 0 Å². The van der Waals surface area contributed by atoms with Gasteiger partial charge in [-0.3, -0.25) is 0 Å². The van der Waals surface area contributed by atoms with Crippen LogP contribution in [0.4, 0.5) is 5.69 Å². The lowest BCUT2D eigenvalue weighted by molar-refractivity contribution is 0.0441. The van der Waals surface area contributed by atoms with Crippen molar-refractivity contribution in [2.75, 3.05) is 31.2 Å². The van der Waals surface area contributed by atoms with E-state index < -0.39 is 0 Å². The highest BCUT2D eigenvalue weighted by atomic mass is 35.5. The zero-order valence-electron chi connectivity index (χ0n) is 8.91. The van der Waals surface area contributed by atoms with Crippen molar-refractivity contribution < 1.29 is 4.74 Å². The maximum Gasteiger partial charge on any atom is 0.0793 e. The summed E-state index contributed by atoms with van der Waals surface area (Å²) in [5.74, 6) is 0.913. The maximum absolute atomic E-state index is 6.09. The zero-order chi connectivity index (χ0) is 11.4. The van der Waals surface area contributed by atoms with E-state index in [0.717, 1.165) is 30.3 Å². The first-order valence-corrected chi connectivity index (χ1v) is 6.62. The second-order valence-electron chi connectivity index (χ2n) is 3.70. The topological polar surface area (TPSA) is 47.3 Å². The van der Waals surface area contributed by atoms with Gasteiger partial charge >= 0.3 is 0 Å². The fourth-order valence-electron chi connectivity index (χ4n) is 1.54. The Morgan fingerprint density at radius 2 is 2.44 bits per heavy atom. The van der Waals surface area contributed by atoms with E-state index in [9.17, 15) is 0 Å². The van der Waals surface area contributed by atoms with Crippen molar-refractivity contribution in [3.63, 3.8) is 0 Å². The Morgan fingerprint density at radius 1 is 1.56 bits per heavy atom. The van der Waals surface area contributed by atoms with E-state index >= 15 is 0 Å². The van der Waals surface area contributed by atoms with Crippen LogP contribution in [0.5, 0.6) is 0 Å². The van der Waals surface area contributed by atoms with Gasteiger partial charge in [-0.25, -0.2) is 0 Å². The third-order valence-electron chi connectivity index (χ3n) is 2.39. The lowest BCUT2D eigenvalue weighted by atomic mass is 10.3. The van der Waals surface area contributed by atoms with Gasteiger partial charge < -0.3 is 15.8 Å². The molecule has 0 amide bonds. The van der Waals surface area contributed by atoms with Gasteiger partial charge in [-0.2, -0.15) is 0 Å². The molecular formula is C11H15ClN2OS. The summed E-state index contributed by atoms with van der Waals surface area (Å²) in [6.07, 6.45) is 0.271. The van der Waals surface area contributed by atoms with Crippen LogP contribution in [-0.4, -0.2) is 31.6 Å². The molecule has 1 heterocycles. The number of benzene rings is 1. The van der Waals surface area contributed by atoms with Crippen LogP contribution in [0.3, 0.4) is 0 Å². The quantitative estimate of drug-likeness (QED) is 0.643. The highest BCUT2D eigenvalue weighted by Crippen LogP contribution is 2.29. The smallest absolute Gasteiger partial charge is 0.0793 e. The van der Waals surface area contributed by atoms with Crippen molar-refractivity contribution >= 4 is 29.1 Å². The minimum absolute atomic E-state index is 0.271. The number of ether oxygens (including phenoxy) is 1. The number of nitrogens with one attached hydrogen (secondary N) is 1. The highest BCUT2D eigenvalue weighted by Gasteiger charge is 2.14. The molecule has 0 aromatic heterocycles. The molecule has 1 saturated heterocycles. The van der Waals surface area contributed by atoms with Gasteiger partial charge in [-0.15, -0.1) is 11.8 Å². The second-order valence-corrected chi connectivity index (χ2v) is 5.17. The molecule has 3 nitrogen and oxygen atoms in total. The van der Waals surface area contributed by atoms with Crippen molar-refractivity contribution in [1.82, 2.24) is 5.32 Å². The summed E-state index contributed by atoms with van der Waals surface area (Å²) in [6, 6.07) is 5.61. The van der Waals surface area contributed by atoms with Gasteiger partial charge in [0, 0.05) is 29.4 Å². The molecule has 0 radical (unpaired) electrons. The van der Waals surface area contributed by atoms with Gasteiger partial charge in [0.25, 0.3) is 0 Å². The van der Waals surface area contributed by atoms with E-state index in [2.05, 4.69) is 5.32 Å². The number of rotatable bonds is 3. The van der Waals surface area contributed by atoms with Crippen molar-refractivity contribution in [2.45, 2.75) is 11.0 Å². The molecule has 1 aromatic carbocycles. The van der Waals surface area contributed by atoms with Gasteiger partial charge in [-0.05, 0) is 18.2 Å². The minimum atomic E-state index is 0.271. The van der Waals surface area contributed by atoms with Gasteiger partial charge in [0.2, 0.25) is 0 Å². The molecule has 1 unspecified atom stereocenters. The molecule has 88 valence electrons. The van der Waals surface area contributed by atoms with E-state index in [1.807, 2.05) is 12.1 Å². The van der Waals surface area contributed by atoms with Crippen LogP contribution in [0.15, 0.2) is 23.1 Å². The summed E-state index contributed by atoms with van der Waals surface area (Å²) >= 11 is 7.80. The highest BCUT2D eigenvalue weighted by molar-refractivity contribution is 7.99. The van der Waals surface area contributed by atoms with Crippen LogP contribution in [0, 0.1) is 0 Å². The fourth-order valence-corrected chi connectivity index (χ4v) is 2.84. The molecule has 16 heavy (non-hydrogen) atoms.